The Hall–Kier alpha value is -2.43. The summed E-state index contributed by atoms with van der Waals surface area (Å²) in [7, 11) is 6.93. The van der Waals surface area contributed by atoms with Crippen molar-refractivity contribution < 1.29 is 4.79 Å². The number of amides is 2. The monoisotopic (exact) mass is 413 g/mol. The summed E-state index contributed by atoms with van der Waals surface area (Å²) >= 11 is 0. The molecule has 2 amide bonds. The van der Waals surface area contributed by atoms with Gasteiger partial charge in [0.2, 0.25) is 0 Å². The minimum Gasteiger partial charge on any atom is -0.331 e. The number of carbonyl (C=O) groups excluding carboxylic acids is 1. The summed E-state index contributed by atoms with van der Waals surface area (Å²) < 4.78 is 2.09. The van der Waals surface area contributed by atoms with E-state index in [4.69, 9.17) is 10.7 Å². The highest BCUT2D eigenvalue weighted by Gasteiger charge is 2.27. The molecule has 2 aliphatic heterocycles. The van der Waals surface area contributed by atoms with Crippen molar-refractivity contribution >= 4 is 33.3 Å². The summed E-state index contributed by atoms with van der Waals surface area (Å²) in [5.74, 6) is 0. The number of carbonyl (C=O) groups is 1. The average molecular weight is 414 g/mol. The molecular formula is C20H20ClN5OS. The van der Waals surface area contributed by atoms with Crippen LogP contribution >= 0.6 is 21.7 Å². The first kappa shape index (κ1) is 18.9. The molecule has 2 aromatic rings. The highest BCUT2D eigenvalue weighted by Crippen LogP contribution is 2.29. The van der Waals surface area contributed by atoms with Crippen LogP contribution in [-0.4, -0.2) is 45.0 Å². The lowest BCUT2D eigenvalue weighted by Crippen LogP contribution is -2.48. The molecule has 1 saturated heterocycles. The summed E-state index contributed by atoms with van der Waals surface area (Å²) in [4.78, 5) is 21.8. The van der Waals surface area contributed by atoms with Crippen LogP contribution in [0.1, 0.15) is 24.1 Å². The molecule has 1 aromatic carbocycles. The number of aromatic nitrogens is 2. The number of hydrogen-bond donors (Lipinski definition) is 0. The summed E-state index contributed by atoms with van der Waals surface area (Å²) in [5, 5.41) is 9.67. The van der Waals surface area contributed by atoms with E-state index in [2.05, 4.69) is 15.6 Å². The number of likely N-dealkylation sites (tertiary alicyclic amines) is 1. The molecular weight excluding hydrogens is 394 g/mol. The number of halogens is 1. The summed E-state index contributed by atoms with van der Waals surface area (Å²) in [6.45, 7) is 3.38. The van der Waals surface area contributed by atoms with Crippen molar-refractivity contribution in [2.45, 2.75) is 30.8 Å². The average Bonchev–Trinajstić information content (AvgIpc) is 3.22. The second-order valence-electron chi connectivity index (χ2n) is 6.96. The fraction of sp³-hybridized carbons (Fsp3) is 0.350. The first-order valence-electron chi connectivity index (χ1n) is 9.23. The van der Waals surface area contributed by atoms with Crippen LogP contribution in [0.25, 0.3) is 5.57 Å². The van der Waals surface area contributed by atoms with E-state index >= 15 is 0 Å². The molecule has 0 radical (unpaired) electrons. The lowest BCUT2D eigenvalue weighted by molar-refractivity contribution is 0.137. The molecule has 0 aliphatic carbocycles. The first-order chi connectivity index (χ1) is 13.7. The minimum atomic E-state index is 0.0773. The maximum absolute atomic E-state index is 12.9. The summed E-state index contributed by atoms with van der Waals surface area (Å²) in [6, 6.07) is 10.1. The van der Waals surface area contributed by atoms with E-state index in [1.54, 1.807) is 0 Å². The number of nitrogens with zero attached hydrogens (tertiary/aromatic N) is 5. The molecule has 3 heterocycles. The normalized spacial score (nSPS) is 16.5. The van der Waals surface area contributed by atoms with Gasteiger partial charge in [0.05, 0.1) is 30.2 Å². The maximum atomic E-state index is 12.9. The van der Waals surface area contributed by atoms with Crippen LogP contribution in [0.4, 0.5) is 4.79 Å². The fourth-order valence-corrected chi connectivity index (χ4v) is 4.33. The second-order valence-corrected chi connectivity index (χ2v) is 8.05. The van der Waals surface area contributed by atoms with E-state index in [1.807, 2.05) is 46.6 Å². The summed E-state index contributed by atoms with van der Waals surface area (Å²) in [6.07, 6.45) is 5.10. The van der Waals surface area contributed by atoms with Crippen molar-refractivity contribution in [2.75, 3.05) is 19.6 Å². The number of rotatable bonds is 2. The number of hydrogen-bond acceptors (Lipinski definition) is 4. The predicted octanol–water partition coefficient (Wildman–Crippen LogP) is 4.14. The van der Waals surface area contributed by atoms with Gasteiger partial charge in [-0.25, -0.2) is 9.78 Å². The van der Waals surface area contributed by atoms with Gasteiger partial charge in [-0.2, -0.15) is 5.26 Å². The Labute approximate surface area is 172 Å². The second kappa shape index (κ2) is 8.29. The molecule has 144 valence electrons. The molecule has 1 fully saturated rings. The number of fused-ring (bicyclic) bond motifs is 1. The Morgan fingerprint density at radius 3 is 2.54 bits per heavy atom. The van der Waals surface area contributed by atoms with Gasteiger partial charge in [-0.05, 0) is 57.8 Å². The number of piperidine rings is 1. The topological polar surface area (TPSA) is 65.2 Å². The lowest BCUT2D eigenvalue weighted by Gasteiger charge is -2.36. The van der Waals surface area contributed by atoms with Gasteiger partial charge in [0.25, 0.3) is 0 Å². The zero-order chi connectivity index (χ0) is 19.5. The van der Waals surface area contributed by atoms with E-state index in [9.17, 15) is 10.1 Å². The standard InChI is InChI=1S/C20H20ClN5OS/c21-28-18-3-1-15(2-4-18)19(11-22)16-5-7-24(8-6-16)20(27)25-9-10-26-14-23-12-17(26)13-25/h1-4,12,14H,5-10,13H2. The number of benzene rings is 1. The molecule has 0 spiro atoms. The molecule has 0 atom stereocenters. The Morgan fingerprint density at radius 2 is 1.86 bits per heavy atom. The number of nitriles is 1. The van der Waals surface area contributed by atoms with Crippen LogP contribution in [0, 0.1) is 11.3 Å². The van der Waals surface area contributed by atoms with Crippen molar-refractivity contribution in [3.05, 3.63) is 53.6 Å². The van der Waals surface area contributed by atoms with Crippen molar-refractivity contribution in [1.29, 1.82) is 5.26 Å². The Bertz CT molecular complexity index is 936. The van der Waals surface area contributed by atoms with E-state index < -0.39 is 0 Å². The lowest BCUT2D eigenvalue weighted by atomic mass is 9.94. The van der Waals surface area contributed by atoms with Crippen LogP contribution in [-0.2, 0) is 13.1 Å². The zero-order valence-electron chi connectivity index (χ0n) is 15.3. The third-order valence-corrected chi connectivity index (χ3v) is 6.35. The van der Waals surface area contributed by atoms with Gasteiger partial charge in [0.1, 0.15) is 0 Å². The van der Waals surface area contributed by atoms with Crippen LogP contribution in [0.2, 0.25) is 0 Å². The summed E-state index contributed by atoms with van der Waals surface area (Å²) in [5.41, 5.74) is 3.83. The van der Waals surface area contributed by atoms with Crippen molar-refractivity contribution in [3.63, 3.8) is 0 Å². The van der Waals surface area contributed by atoms with Crippen LogP contribution in [0.3, 0.4) is 0 Å². The van der Waals surface area contributed by atoms with Crippen LogP contribution in [0.5, 0.6) is 0 Å². The maximum Gasteiger partial charge on any atom is 0.320 e. The van der Waals surface area contributed by atoms with Crippen molar-refractivity contribution in [1.82, 2.24) is 19.4 Å². The van der Waals surface area contributed by atoms with Gasteiger partial charge >= 0.3 is 6.03 Å². The minimum absolute atomic E-state index is 0.0773. The van der Waals surface area contributed by atoms with E-state index in [1.165, 1.54) is 0 Å². The van der Waals surface area contributed by atoms with Crippen molar-refractivity contribution in [3.8, 4) is 6.07 Å². The van der Waals surface area contributed by atoms with E-state index in [0.29, 0.717) is 26.2 Å². The number of urea groups is 1. The Morgan fingerprint density at radius 1 is 1.11 bits per heavy atom. The fourth-order valence-electron chi connectivity index (χ4n) is 3.79. The van der Waals surface area contributed by atoms with Gasteiger partial charge in [0, 0.05) is 37.3 Å². The van der Waals surface area contributed by atoms with Gasteiger partial charge in [0.15, 0.2) is 0 Å². The highest BCUT2D eigenvalue weighted by molar-refractivity contribution is 8.21. The zero-order valence-corrected chi connectivity index (χ0v) is 16.9. The molecule has 8 heteroatoms. The SMILES string of the molecule is N#CC(=C1CCN(C(=O)N2CCn3cncc3C2)CC1)c1ccc(SCl)cc1. The van der Waals surface area contributed by atoms with E-state index in [0.717, 1.165) is 57.7 Å². The van der Waals surface area contributed by atoms with Crippen LogP contribution < -0.4 is 0 Å². The van der Waals surface area contributed by atoms with Gasteiger partial charge < -0.3 is 14.4 Å². The van der Waals surface area contributed by atoms with Crippen molar-refractivity contribution in [2.24, 2.45) is 0 Å². The molecule has 2 aliphatic rings. The highest BCUT2D eigenvalue weighted by atomic mass is 35.7. The first-order valence-corrected chi connectivity index (χ1v) is 10.9. The number of allylic oxidation sites excluding steroid dienone is 1. The van der Waals surface area contributed by atoms with E-state index in [-0.39, 0.29) is 6.03 Å². The third-order valence-electron chi connectivity index (χ3n) is 5.37. The number of imidazole rings is 1. The molecule has 0 saturated carbocycles. The van der Waals surface area contributed by atoms with Crippen LogP contribution in [0.15, 0.2) is 47.3 Å². The quantitative estimate of drug-likeness (QED) is 0.694. The Balaban J connectivity index is 1.42. The molecule has 4 rings (SSSR count). The van der Waals surface area contributed by atoms with Gasteiger partial charge in [-0.1, -0.05) is 12.1 Å². The smallest absolute Gasteiger partial charge is 0.320 e. The molecule has 0 unspecified atom stereocenters. The van der Waals surface area contributed by atoms with Gasteiger partial charge in [-0.3, -0.25) is 0 Å². The third kappa shape index (κ3) is 3.75. The molecule has 28 heavy (non-hydrogen) atoms. The predicted molar refractivity (Wildman–Crippen MR) is 110 cm³/mol. The molecule has 1 aromatic heterocycles. The molecule has 0 N–H and O–H groups in total. The largest absolute Gasteiger partial charge is 0.331 e. The molecule has 0 bridgehead atoms. The van der Waals surface area contributed by atoms with Gasteiger partial charge in [-0.15, -0.1) is 0 Å². The molecule has 6 nitrogen and oxygen atoms in total. The Kier molecular flexibility index (Phi) is 5.60.